The van der Waals surface area contributed by atoms with E-state index in [2.05, 4.69) is 27.4 Å². The van der Waals surface area contributed by atoms with E-state index in [0.717, 1.165) is 11.8 Å². The van der Waals surface area contributed by atoms with Crippen LogP contribution in [0.3, 0.4) is 0 Å². The minimum atomic E-state index is -0.603. The smallest absolute Gasteiger partial charge is 0.321 e. The summed E-state index contributed by atoms with van der Waals surface area (Å²) in [7, 11) is 1.43. The topological polar surface area (TPSA) is 110 Å². The van der Waals surface area contributed by atoms with Gasteiger partial charge in [0.2, 0.25) is 11.7 Å². The van der Waals surface area contributed by atoms with E-state index in [1.807, 2.05) is 6.07 Å². The van der Waals surface area contributed by atoms with Crippen molar-refractivity contribution in [1.29, 1.82) is 0 Å². The number of nitrogens with one attached hydrogen (secondary N) is 2. The number of hydrogen-bond acceptors (Lipinski definition) is 6. The number of carbonyl (C=O) groups excluding carboxylic acids is 2. The van der Waals surface area contributed by atoms with Crippen LogP contribution in [0.1, 0.15) is 6.92 Å². The van der Waals surface area contributed by atoms with Gasteiger partial charge in [-0.3, -0.25) is 23.9 Å². The first-order chi connectivity index (χ1) is 13.0. The van der Waals surface area contributed by atoms with E-state index in [1.165, 1.54) is 11.6 Å². The molecule has 2 N–H and O–H groups in total. The molecule has 3 amide bonds. The predicted octanol–water partition coefficient (Wildman–Crippen LogP) is 1.17. The van der Waals surface area contributed by atoms with Crippen molar-refractivity contribution < 1.29 is 9.59 Å². The molecule has 10 heteroatoms. The number of fused-ring (bicyclic) bond motifs is 3. The molecule has 27 heavy (non-hydrogen) atoms. The first-order valence-corrected chi connectivity index (χ1v) is 9.02. The van der Waals surface area contributed by atoms with Gasteiger partial charge in [0.1, 0.15) is 0 Å². The second-order valence-electron chi connectivity index (χ2n) is 5.67. The summed E-state index contributed by atoms with van der Waals surface area (Å²) in [5.74, 6) is -0.0974. The van der Waals surface area contributed by atoms with E-state index in [1.54, 1.807) is 35.6 Å². The van der Waals surface area contributed by atoms with E-state index in [9.17, 15) is 14.4 Å². The number of benzene rings is 1. The molecule has 0 spiro atoms. The zero-order chi connectivity index (χ0) is 19.6. The van der Waals surface area contributed by atoms with Gasteiger partial charge < -0.3 is 5.32 Å². The summed E-state index contributed by atoms with van der Waals surface area (Å²) < 4.78 is 3.20. The average Bonchev–Trinajstić information content (AvgIpc) is 3.08. The third kappa shape index (κ3) is 3.43. The number of para-hydroxylation sites is 1. The molecule has 2 aromatic heterocycles. The summed E-state index contributed by atoms with van der Waals surface area (Å²) in [5.41, 5.74) is 0.455. The monoisotopic (exact) mass is 386 g/mol. The molecule has 1 unspecified atom stereocenters. The molecule has 1 atom stereocenters. The van der Waals surface area contributed by atoms with Gasteiger partial charge in [-0.25, -0.2) is 4.79 Å². The molecule has 0 saturated carbocycles. The van der Waals surface area contributed by atoms with Crippen LogP contribution in [0.5, 0.6) is 0 Å². The lowest BCUT2D eigenvalue weighted by Crippen LogP contribution is -2.41. The van der Waals surface area contributed by atoms with Gasteiger partial charge in [0.15, 0.2) is 5.16 Å². The highest BCUT2D eigenvalue weighted by Crippen LogP contribution is 2.25. The van der Waals surface area contributed by atoms with Crippen LogP contribution in [0.25, 0.3) is 16.7 Å². The van der Waals surface area contributed by atoms with E-state index in [0.29, 0.717) is 21.8 Å². The number of imide groups is 1. The summed E-state index contributed by atoms with van der Waals surface area (Å²) >= 11 is 1.14. The Hall–Kier alpha value is -3.14. The van der Waals surface area contributed by atoms with Crippen LogP contribution in [0.15, 0.2) is 46.9 Å². The Balaban J connectivity index is 2.10. The Morgan fingerprint density at radius 1 is 1.33 bits per heavy atom. The molecule has 0 aliphatic rings. The van der Waals surface area contributed by atoms with Gasteiger partial charge >= 0.3 is 6.03 Å². The van der Waals surface area contributed by atoms with Gasteiger partial charge in [-0.15, -0.1) is 16.8 Å². The Bertz CT molecular complexity index is 1100. The molecule has 0 aliphatic carbocycles. The molecule has 0 fully saturated rings. The quantitative estimate of drug-likeness (QED) is 0.503. The van der Waals surface area contributed by atoms with Crippen LogP contribution < -0.4 is 16.2 Å². The van der Waals surface area contributed by atoms with Crippen molar-refractivity contribution in [3.63, 3.8) is 0 Å². The van der Waals surface area contributed by atoms with Crippen molar-refractivity contribution in [2.75, 3.05) is 7.05 Å². The summed E-state index contributed by atoms with van der Waals surface area (Å²) in [6.07, 6.45) is 1.61. The Morgan fingerprint density at radius 3 is 2.78 bits per heavy atom. The number of amides is 3. The zero-order valence-electron chi connectivity index (χ0n) is 14.8. The highest BCUT2D eigenvalue weighted by Gasteiger charge is 2.22. The lowest BCUT2D eigenvalue weighted by molar-refractivity contribution is -0.119. The number of carbonyl (C=O) groups is 2. The van der Waals surface area contributed by atoms with Crippen molar-refractivity contribution in [1.82, 2.24) is 29.8 Å². The Labute approximate surface area is 158 Å². The van der Waals surface area contributed by atoms with Gasteiger partial charge in [-0.05, 0) is 19.1 Å². The minimum Gasteiger partial charge on any atom is -0.341 e. The molecule has 2 heterocycles. The molecular formula is C17H18N6O3S. The third-order valence-corrected chi connectivity index (χ3v) is 4.95. The number of aromatic nitrogens is 4. The van der Waals surface area contributed by atoms with Crippen LogP contribution >= 0.6 is 11.8 Å². The molecule has 0 radical (unpaired) electrons. The number of urea groups is 1. The number of hydrogen-bond donors (Lipinski definition) is 2. The molecule has 3 aromatic rings. The van der Waals surface area contributed by atoms with Crippen LogP contribution in [-0.4, -0.2) is 43.4 Å². The summed E-state index contributed by atoms with van der Waals surface area (Å²) in [4.78, 5) is 36.2. The standard InChI is InChI=1S/C17H18N6O3S/c1-4-9-22-14(25)11-7-5-6-8-12(11)23-16(22)20-21-17(23)27-10(2)13(24)19-15(26)18-3/h4-8,10H,1,9H2,2-3H3,(H2,18,19,24,26). The highest BCUT2D eigenvalue weighted by molar-refractivity contribution is 8.00. The van der Waals surface area contributed by atoms with E-state index < -0.39 is 17.2 Å². The molecule has 0 bridgehead atoms. The molecular weight excluding hydrogens is 368 g/mol. The SMILES string of the molecule is C=CCn1c(=O)c2ccccc2n2c(SC(C)C(=O)NC(=O)NC)nnc12. The van der Waals surface area contributed by atoms with E-state index >= 15 is 0 Å². The lowest BCUT2D eigenvalue weighted by atomic mass is 10.2. The van der Waals surface area contributed by atoms with Crippen LogP contribution in [0.2, 0.25) is 0 Å². The maximum atomic E-state index is 12.7. The number of rotatable bonds is 5. The van der Waals surface area contributed by atoms with Gasteiger partial charge in [-0.2, -0.15) is 0 Å². The second kappa shape index (κ2) is 7.62. The fraction of sp³-hybridized carbons (Fsp3) is 0.235. The normalized spacial score (nSPS) is 12.1. The predicted molar refractivity (Wildman–Crippen MR) is 103 cm³/mol. The summed E-state index contributed by atoms with van der Waals surface area (Å²) in [6, 6.07) is 6.54. The van der Waals surface area contributed by atoms with Crippen molar-refractivity contribution in [2.45, 2.75) is 23.9 Å². The summed E-state index contributed by atoms with van der Waals surface area (Å²) in [6.45, 7) is 5.62. The van der Waals surface area contributed by atoms with Crippen LogP contribution in [-0.2, 0) is 11.3 Å². The Morgan fingerprint density at radius 2 is 2.07 bits per heavy atom. The number of nitrogens with zero attached hydrogens (tertiary/aromatic N) is 4. The minimum absolute atomic E-state index is 0.188. The first kappa shape index (κ1) is 18.6. The Kier molecular flexibility index (Phi) is 5.26. The number of thioether (sulfide) groups is 1. The van der Waals surface area contributed by atoms with E-state index in [4.69, 9.17) is 0 Å². The zero-order valence-corrected chi connectivity index (χ0v) is 15.6. The van der Waals surface area contributed by atoms with Crippen molar-refractivity contribution in [3.05, 3.63) is 47.3 Å². The first-order valence-electron chi connectivity index (χ1n) is 8.14. The van der Waals surface area contributed by atoms with Crippen LogP contribution in [0.4, 0.5) is 4.79 Å². The van der Waals surface area contributed by atoms with E-state index in [-0.39, 0.29) is 12.1 Å². The fourth-order valence-corrected chi connectivity index (χ4v) is 3.45. The van der Waals surface area contributed by atoms with Gasteiger partial charge in [0.05, 0.1) is 16.2 Å². The molecule has 3 rings (SSSR count). The largest absolute Gasteiger partial charge is 0.341 e. The van der Waals surface area contributed by atoms with Crippen molar-refractivity contribution in [2.24, 2.45) is 0 Å². The second-order valence-corrected chi connectivity index (χ2v) is 6.98. The molecule has 0 saturated heterocycles. The van der Waals surface area contributed by atoms with Crippen LogP contribution in [0, 0.1) is 0 Å². The maximum absolute atomic E-state index is 12.7. The van der Waals surface area contributed by atoms with Crippen molar-refractivity contribution in [3.8, 4) is 0 Å². The molecule has 9 nitrogen and oxygen atoms in total. The average molecular weight is 386 g/mol. The fourth-order valence-electron chi connectivity index (χ4n) is 2.59. The lowest BCUT2D eigenvalue weighted by Gasteiger charge is -2.12. The highest BCUT2D eigenvalue weighted by atomic mass is 32.2. The third-order valence-electron chi connectivity index (χ3n) is 3.91. The summed E-state index contributed by atoms with van der Waals surface area (Å²) in [5, 5.41) is 13.2. The van der Waals surface area contributed by atoms with Gasteiger partial charge in [0, 0.05) is 13.6 Å². The maximum Gasteiger partial charge on any atom is 0.321 e. The molecule has 0 aliphatic heterocycles. The molecule has 1 aromatic carbocycles. The van der Waals surface area contributed by atoms with Gasteiger partial charge in [-0.1, -0.05) is 30.0 Å². The number of allylic oxidation sites excluding steroid dienone is 1. The molecule has 140 valence electrons. The van der Waals surface area contributed by atoms with Crippen molar-refractivity contribution >= 4 is 40.4 Å². The van der Waals surface area contributed by atoms with Gasteiger partial charge in [0.25, 0.3) is 5.56 Å².